The number of hydrogen-bond donors (Lipinski definition) is 1. The summed E-state index contributed by atoms with van der Waals surface area (Å²) in [6, 6.07) is 1.50. The number of rotatable bonds is 6. The minimum Gasteiger partial charge on any atom is -0.478 e. The Morgan fingerprint density at radius 2 is 2.00 bits per heavy atom. The van der Waals surface area contributed by atoms with Gasteiger partial charge in [0.25, 0.3) is 10.2 Å². The number of aromatic carboxylic acids is 1. The maximum absolute atomic E-state index is 12.2. The van der Waals surface area contributed by atoms with Gasteiger partial charge in [0, 0.05) is 51.3 Å². The van der Waals surface area contributed by atoms with Crippen LogP contribution in [0.25, 0.3) is 11.3 Å². The summed E-state index contributed by atoms with van der Waals surface area (Å²) in [7, 11) is -0.350. The summed E-state index contributed by atoms with van der Waals surface area (Å²) in [5.74, 6) is -0.894. The van der Waals surface area contributed by atoms with Crippen molar-refractivity contribution >= 4 is 16.2 Å². The quantitative estimate of drug-likeness (QED) is 0.778. The second-order valence-electron chi connectivity index (χ2n) is 6.67. The summed E-state index contributed by atoms with van der Waals surface area (Å²) >= 11 is 0. The zero-order chi connectivity index (χ0) is 19.6. The van der Waals surface area contributed by atoms with Gasteiger partial charge < -0.3 is 5.11 Å². The molecule has 1 aliphatic heterocycles. The van der Waals surface area contributed by atoms with Crippen LogP contribution in [0.15, 0.2) is 30.9 Å². The van der Waals surface area contributed by atoms with E-state index in [0.717, 1.165) is 12.1 Å². The van der Waals surface area contributed by atoms with Crippen molar-refractivity contribution in [2.24, 2.45) is 5.92 Å². The van der Waals surface area contributed by atoms with Crippen molar-refractivity contribution in [2.75, 3.05) is 27.2 Å². The fourth-order valence-electron chi connectivity index (χ4n) is 3.04. The third-order valence-corrected chi connectivity index (χ3v) is 6.41. The normalized spacial score (nSPS) is 18.1. The predicted octanol–water partition coefficient (Wildman–Crippen LogP) is 0.908. The van der Waals surface area contributed by atoms with Crippen LogP contribution in [0.4, 0.5) is 0 Å². The van der Waals surface area contributed by atoms with Crippen molar-refractivity contribution in [1.29, 1.82) is 0 Å². The van der Waals surface area contributed by atoms with Crippen molar-refractivity contribution < 1.29 is 18.3 Å². The second-order valence-corrected chi connectivity index (χ2v) is 8.81. The standard InChI is InChI=1S/C17H21N5O4S/c1-21(2)27(25,26)22-4-3-12(11-22)5-15-9-19-10-16(20-15)13-6-14(17(23)24)8-18-7-13/h6-10,12H,3-5,11H2,1-2H3,(H,23,24). The van der Waals surface area contributed by atoms with E-state index >= 15 is 0 Å². The molecular weight excluding hydrogens is 370 g/mol. The predicted molar refractivity (Wildman–Crippen MR) is 98.2 cm³/mol. The molecular formula is C17H21N5O4S. The Morgan fingerprint density at radius 1 is 1.26 bits per heavy atom. The molecule has 3 heterocycles. The van der Waals surface area contributed by atoms with Gasteiger partial charge in [-0.15, -0.1) is 0 Å². The third-order valence-electron chi connectivity index (χ3n) is 4.50. The molecule has 0 spiro atoms. The Kier molecular flexibility index (Phi) is 5.49. The molecule has 1 aliphatic rings. The third kappa shape index (κ3) is 4.29. The Morgan fingerprint density at radius 3 is 2.70 bits per heavy atom. The van der Waals surface area contributed by atoms with E-state index < -0.39 is 16.2 Å². The molecule has 10 heteroatoms. The van der Waals surface area contributed by atoms with Crippen LogP contribution in [0.3, 0.4) is 0 Å². The van der Waals surface area contributed by atoms with Gasteiger partial charge in [0.15, 0.2) is 0 Å². The van der Waals surface area contributed by atoms with E-state index in [1.165, 1.54) is 35.0 Å². The monoisotopic (exact) mass is 391 g/mol. The van der Waals surface area contributed by atoms with Crippen LogP contribution in [0, 0.1) is 5.92 Å². The molecule has 0 aromatic carbocycles. The van der Waals surface area contributed by atoms with E-state index in [0.29, 0.717) is 30.8 Å². The first-order valence-electron chi connectivity index (χ1n) is 8.44. The highest BCUT2D eigenvalue weighted by Crippen LogP contribution is 2.24. The number of hydrogen-bond acceptors (Lipinski definition) is 6. The van der Waals surface area contributed by atoms with Gasteiger partial charge in [-0.3, -0.25) is 9.97 Å². The van der Waals surface area contributed by atoms with E-state index in [2.05, 4.69) is 15.0 Å². The van der Waals surface area contributed by atoms with Crippen molar-refractivity contribution in [1.82, 2.24) is 23.6 Å². The molecule has 2 aromatic heterocycles. The highest BCUT2D eigenvalue weighted by Gasteiger charge is 2.32. The second kappa shape index (κ2) is 7.67. The van der Waals surface area contributed by atoms with E-state index in [1.54, 1.807) is 18.6 Å². The number of carbonyl (C=O) groups is 1. The Balaban J connectivity index is 1.74. The summed E-state index contributed by atoms with van der Waals surface area (Å²) in [5, 5.41) is 9.10. The van der Waals surface area contributed by atoms with Gasteiger partial charge in [-0.05, 0) is 24.8 Å². The Hall–Kier alpha value is -2.43. The summed E-state index contributed by atoms with van der Waals surface area (Å²) in [5.41, 5.74) is 1.94. The molecule has 1 saturated heterocycles. The molecule has 0 saturated carbocycles. The average molecular weight is 391 g/mol. The fourth-order valence-corrected chi connectivity index (χ4v) is 4.24. The molecule has 1 fully saturated rings. The van der Waals surface area contributed by atoms with Gasteiger partial charge in [-0.1, -0.05) is 0 Å². The molecule has 0 bridgehead atoms. The topological polar surface area (TPSA) is 117 Å². The molecule has 0 amide bonds. The average Bonchev–Trinajstić information content (AvgIpc) is 3.11. The van der Waals surface area contributed by atoms with E-state index in [1.807, 2.05) is 0 Å². The highest BCUT2D eigenvalue weighted by molar-refractivity contribution is 7.86. The lowest BCUT2D eigenvalue weighted by atomic mass is 10.0. The fraction of sp³-hybridized carbons (Fsp3) is 0.412. The van der Waals surface area contributed by atoms with Crippen molar-refractivity contribution in [3.8, 4) is 11.3 Å². The van der Waals surface area contributed by atoms with Crippen molar-refractivity contribution in [3.05, 3.63) is 42.1 Å². The maximum atomic E-state index is 12.2. The van der Waals surface area contributed by atoms with Crippen LogP contribution in [-0.4, -0.2) is 70.2 Å². The van der Waals surface area contributed by atoms with Crippen LogP contribution < -0.4 is 0 Å². The Bertz CT molecular complexity index is 948. The van der Waals surface area contributed by atoms with Crippen LogP contribution >= 0.6 is 0 Å². The van der Waals surface area contributed by atoms with E-state index in [-0.39, 0.29) is 11.5 Å². The number of carboxylic acids is 1. The van der Waals surface area contributed by atoms with E-state index in [9.17, 15) is 13.2 Å². The molecule has 2 aromatic rings. The molecule has 144 valence electrons. The molecule has 0 radical (unpaired) electrons. The lowest BCUT2D eigenvalue weighted by molar-refractivity contribution is 0.0696. The smallest absolute Gasteiger partial charge is 0.337 e. The molecule has 1 N–H and O–H groups in total. The lowest BCUT2D eigenvalue weighted by Crippen LogP contribution is -2.38. The molecule has 0 aliphatic carbocycles. The van der Waals surface area contributed by atoms with Gasteiger partial charge in [0.2, 0.25) is 0 Å². The molecule has 1 atom stereocenters. The van der Waals surface area contributed by atoms with E-state index in [4.69, 9.17) is 5.11 Å². The number of nitrogens with zero attached hydrogens (tertiary/aromatic N) is 5. The largest absolute Gasteiger partial charge is 0.478 e. The minimum absolute atomic E-state index is 0.0834. The lowest BCUT2D eigenvalue weighted by Gasteiger charge is -2.20. The minimum atomic E-state index is -3.40. The van der Waals surface area contributed by atoms with Gasteiger partial charge >= 0.3 is 5.97 Å². The van der Waals surface area contributed by atoms with Crippen LogP contribution in [0.5, 0.6) is 0 Å². The van der Waals surface area contributed by atoms with Gasteiger partial charge in [0.05, 0.1) is 23.1 Å². The first-order chi connectivity index (χ1) is 12.8. The van der Waals surface area contributed by atoms with Gasteiger partial charge in [-0.2, -0.15) is 17.0 Å². The molecule has 27 heavy (non-hydrogen) atoms. The summed E-state index contributed by atoms with van der Waals surface area (Å²) in [6.07, 6.45) is 7.40. The first-order valence-corrected chi connectivity index (χ1v) is 9.84. The van der Waals surface area contributed by atoms with Gasteiger partial charge in [0.1, 0.15) is 0 Å². The zero-order valence-corrected chi connectivity index (χ0v) is 15.9. The summed E-state index contributed by atoms with van der Waals surface area (Å²) in [4.78, 5) is 23.8. The summed E-state index contributed by atoms with van der Waals surface area (Å²) < 4.78 is 27.2. The Labute approximate surface area is 157 Å². The molecule has 9 nitrogen and oxygen atoms in total. The number of aromatic nitrogens is 3. The van der Waals surface area contributed by atoms with Crippen LogP contribution in [0.1, 0.15) is 22.5 Å². The summed E-state index contributed by atoms with van der Waals surface area (Å²) in [6.45, 7) is 0.936. The first kappa shape index (κ1) is 19.3. The van der Waals surface area contributed by atoms with Crippen LogP contribution in [-0.2, 0) is 16.6 Å². The molecule has 3 rings (SSSR count). The van der Waals surface area contributed by atoms with Crippen molar-refractivity contribution in [3.63, 3.8) is 0 Å². The van der Waals surface area contributed by atoms with Gasteiger partial charge in [-0.25, -0.2) is 9.78 Å². The SMILES string of the molecule is CN(C)S(=O)(=O)N1CCC(Cc2cncc(-c3cncc(C(=O)O)c3)n2)C1. The number of carboxylic acid groups (broad SMARTS) is 1. The molecule has 1 unspecified atom stereocenters. The zero-order valence-electron chi connectivity index (χ0n) is 15.1. The highest BCUT2D eigenvalue weighted by atomic mass is 32.2. The van der Waals surface area contributed by atoms with Crippen LogP contribution in [0.2, 0.25) is 0 Å². The number of pyridine rings is 1. The van der Waals surface area contributed by atoms with Crippen molar-refractivity contribution in [2.45, 2.75) is 12.8 Å². The maximum Gasteiger partial charge on any atom is 0.337 e.